The predicted molar refractivity (Wildman–Crippen MR) is 139 cm³/mol. The lowest BCUT2D eigenvalue weighted by atomic mass is 10.0. The molecule has 0 amide bonds. The Labute approximate surface area is 220 Å². The first-order valence-corrected chi connectivity index (χ1v) is 12.9. The van der Waals surface area contributed by atoms with Crippen molar-refractivity contribution in [2.45, 2.75) is 56.2 Å². The molecule has 36 heavy (non-hydrogen) atoms. The monoisotopic (exact) mass is 554 g/mol. The lowest BCUT2D eigenvalue weighted by Crippen LogP contribution is -2.59. The summed E-state index contributed by atoms with van der Waals surface area (Å²) in [5.41, 5.74) is 3.13. The molecule has 0 saturated carbocycles. The summed E-state index contributed by atoms with van der Waals surface area (Å²) in [5.74, 6) is -0.432. The number of hydrogen-bond donors (Lipinski definition) is 0. The summed E-state index contributed by atoms with van der Waals surface area (Å²) in [6, 6.07) is 29.8. The van der Waals surface area contributed by atoms with Crippen LogP contribution in [0.15, 0.2) is 91.0 Å². The van der Waals surface area contributed by atoms with Gasteiger partial charge in [-0.1, -0.05) is 107 Å². The van der Waals surface area contributed by atoms with E-state index in [9.17, 15) is 4.79 Å². The van der Waals surface area contributed by atoms with Gasteiger partial charge >= 0.3 is 5.97 Å². The van der Waals surface area contributed by atoms with Crippen LogP contribution in [-0.4, -0.2) is 42.0 Å². The Morgan fingerprint density at radius 2 is 1.22 bits per heavy atom. The van der Waals surface area contributed by atoms with Gasteiger partial charge in [0.05, 0.1) is 26.4 Å². The molecule has 0 radical (unpaired) electrons. The summed E-state index contributed by atoms with van der Waals surface area (Å²) in [6.07, 6.45) is -2.29. The Hall–Kier alpha value is -2.55. The largest absolute Gasteiger partial charge is 0.435 e. The van der Waals surface area contributed by atoms with E-state index in [1.165, 1.54) is 6.92 Å². The van der Waals surface area contributed by atoms with Gasteiger partial charge in [-0.15, -0.1) is 0 Å². The van der Waals surface area contributed by atoms with Gasteiger partial charge in [-0.3, -0.25) is 4.79 Å². The van der Waals surface area contributed by atoms with Gasteiger partial charge in [0.2, 0.25) is 6.29 Å². The Kier molecular flexibility index (Phi) is 10.1. The third kappa shape index (κ3) is 7.72. The van der Waals surface area contributed by atoms with Crippen molar-refractivity contribution in [2.75, 3.05) is 6.61 Å². The van der Waals surface area contributed by atoms with Gasteiger partial charge in [0, 0.05) is 6.92 Å². The van der Waals surface area contributed by atoms with Crippen LogP contribution in [0.2, 0.25) is 0 Å². The van der Waals surface area contributed by atoms with Crippen molar-refractivity contribution in [1.29, 1.82) is 0 Å². The number of alkyl halides is 1. The first kappa shape index (κ1) is 26.5. The molecule has 6 nitrogen and oxygen atoms in total. The lowest BCUT2D eigenvalue weighted by Gasteiger charge is -2.43. The molecular formula is C29H31BrO6. The molecule has 1 saturated heterocycles. The maximum absolute atomic E-state index is 11.8. The Bertz CT molecular complexity index is 1050. The number of halogens is 1. The van der Waals surface area contributed by atoms with Crippen molar-refractivity contribution in [3.05, 3.63) is 108 Å². The number of hydrogen-bond acceptors (Lipinski definition) is 6. The topological polar surface area (TPSA) is 63.2 Å². The fourth-order valence-electron chi connectivity index (χ4n) is 4.05. The zero-order chi connectivity index (χ0) is 25.2. The fourth-order valence-corrected chi connectivity index (χ4v) is 4.74. The molecule has 1 aliphatic heterocycles. The van der Waals surface area contributed by atoms with E-state index >= 15 is 0 Å². The molecular weight excluding hydrogens is 524 g/mol. The molecule has 1 fully saturated rings. The van der Waals surface area contributed by atoms with E-state index < -0.39 is 35.4 Å². The molecule has 3 aromatic rings. The number of carbonyl (C=O) groups is 1. The van der Waals surface area contributed by atoms with Crippen molar-refractivity contribution in [1.82, 2.24) is 0 Å². The van der Waals surface area contributed by atoms with Gasteiger partial charge in [0.1, 0.15) is 23.1 Å². The highest BCUT2D eigenvalue weighted by molar-refractivity contribution is 9.09. The molecule has 0 aliphatic carbocycles. The van der Waals surface area contributed by atoms with E-state index in [1.807, 2.05) is 91.0 Å². The van der Waals surface area contributed by atoms with Gasteiger partial charge in [0.15, 0.2) is 0 Å². The SMILES string of the molecule is CC(=O)O[C@@H]1O[C@H](COCc2ccccc2)[C@H](OCc2ccccc2)[C@H](OCc2ccccc2)[C@H]1Br. The zero-order valence-corrected chi connectivity index (χ0v) is 21.8. The molecule has 0 spiro atoms. The second-order valence-electron chi connectivity index (χ2n) is 8.62. The van der Waals surface area contributed by atoms with Crippen LogP contribution in [0.5, 0.6) is 0 Å². The van der Waals surface area contributed by atoms with Gasteiger partial charge in [-0.05, 0) is 16.7 Å². The number of esters is 1. The van der Waals surface area contributed by atoms with Crippen molar-refractivity contribution in [3.8, 4) is 0 Å². The minimum absolute atomic E-state index is 0.247. The van der Waals surface area contributed by atoms with E-state index in [2.05, 4.69) is 15.9 Å². The molecule has 1 aliphatic rings. The van der Waals surface area contributed by atoms with Crippen molar-refractivity contribution in [2.24, 2.45) is 0 Å². The highest BCUT2D eigenvalue weighted by atomic mass is 79.9. The molecule has 190 valence electrons. The molecule has 3 aromatic carbocycles. The second-order valence-corrected chi connectivity index (χ2v) is 9.68. The maximum atomic E-state index is 11.8. The third-order valence-electron chi connectivity index (χ3n) is 5.82. The highest BCUT2D eigenvalue weighted by Crippen LogP contribution is 2.33. The highest BCUT2D eigenvalue weighted by Gasteiger charge is 2.48. The first-order valence-electron chi connectivity index (χ1n) is 12.0. The van der Waals surface area contributed by atoms with Crippen LogP contribution >= 0.6 is 15.9 Å². The molecule has 0 N–H and O–H groups in total. The molecule has 0 unspecified atom stereocenters. The Morgan fingerprint density at radius 3 is 1.72 bits per heavy atom. The smallest absolute Gasteiger partial charge is 0.304 e. The average molecular weight is 555 g/mol. The van der Waals surface area contributed by atoms with E-state index in [4.69, 9.17) is 23.7 Å². The van der Waals surface area contributed by atoms with Crippen LogP contribution in [0, 0.1) is 0 Å². The van der Waals surface area contributed by atoms with Crippen molar-refractivity contribution < 1.29 is 28.5 Å². The number of ether oxygens (including phenoxy) is 5. The molecule has 5 atom stereocenters. The number of benzene rings is 3. The normalized spacial score (nSPS) is 23.8. The molecule has 0 bridgehead atoms. The van der Waals surface area contributed by atoms with E-state index in [-0.39, 0.29) is 6.61 Å². The van der Waals surface area contributed by atoms with Gasteiger partial charge in [-0.25, -0.2) is 0 Å². The molecule has 1 heterocycles. The lowest BCUT2D eigenvalue weighted by molar-refractivity contribution is -0.266. The van der Waals surface area contributed by atoms with E-state index in [1.54, 1.807) is 0 Å². The summed E-state index contributed by atoms with van der Waals surface area (Å²) in [4.78, 5) is 11.4. The maximum Gasteiger partial charge on any atom is 0.304 e. The Balaban J connectivity index is 1.52. The summed E-state index contributed by atoms with van der Waals surface area (Å²) in [6.45, 7) is 2.80. The second kappa shape index (κ2) is 13.7. The quantitative estimate of drug-likeness (QED) is 0.233. The number of carbonyl (C=O) groups excluding carboxylic acids is 1. The summed E-state index contributed by atoms with van der Waals surface area (Å²) >= 11 is 3.67. The average Bonchev–Trinajstić information content (AvgIpc) is 2.90. The number of rotatable bonds is 11. The standard InChI is InChI=1S/C29H31BrO6/c1-21(31)35-29-26(30)28(34-19-24-15-9-4-10-16-24)27(33-18-23-13-7-3-8-14-23)25(36-29)20-32-17-22-11-5-2-6-12-22/h2-16,25-29H,17-20H2,1H3/t25-,26-,27+,28-,29-/m1/s1. The Morgan fingerprint density at radius 1 is 0.750 bits per heavy atom. The van der Waals surface area contributed by atoms with E-state index in [0.717, 1.165) is 16.7 Å². The minimum Gasteiger partial charge on any atom is -0.435 e. The zero-order valence-electron chi connectivity index (χ0n) is 20.2. The van der Waals surface area contributed by atoms with Crippen molar-refractivity contribution in [3.63, 3.8) is 0 Å². The van der Waals surface area contributed by atoms with E-state index in [0.29, 0.717) is 19.8 Å². The molecule has 0 aromatic heterocycles. The molecule has 7 heteroatoms. The van der Waals surface area contributed by atoms with Crippen LogP contribution in [-0.2, 0) is 48.3 Å². The molecule has 4 rings (SSSR count). The fraction of sp³-hybridized carbons (Fsp3) is 0.345. The van der Waals surface area contributed by atoms with Crippen LogP contribution in [0.25, 0.3) is 0 Å². The predicted octanol–water partition coefficient (Wildman–Crippen LogP) is 5.43. The van der Waals surface area contributed by atoms with Crippen LogP contribution in [0.4, 0.5) is 0 Å². The van der Waals surface area contributed by atoms with Crippen LogP contribution in [0.1, 0.15) is 23.6 Å². The summed E-state index contributed by atoms with van der Waals surface area (Å²) < 4.78 is 30.5. The first-order chi connectivity index (χ1) is 17.6. The van der Waals surface area contributed by atoms with Crippen LogP contribution in [0.3, 0.4) is 0 Å². The van der Waals surface area contributed by atoms with Gasteiger partial charge in [0.25, 0.3) is 0 Å². The van der Waals surface area contributed by atoms with Gasteiger partial charge in [-0.2, -0.15) is 0 Å². The van der Waals surface area contributed by atoms with Crippen molar-refractivity contribution >= 4 is 21.9 Å². The summed E-state index contributed by atoms with van der Waals surface area (Å²) in [5, 5.41) is 0. The van der Waals surface area contributed by atoms with Gasteiger partial charge < -0.3 is 23.7 Å². The minimum atomic E-state index is -0.842. The summed E-state index contributed by atoms with van der Waals surface area (Å²) in [7, 11) is 0. The van der Waals surface area contributed by atoms with Crippen LogP contribution < -0.4 is 0 Å². The third-order valence-corrected chi connectivity index (χ3v) is 6.77.